The molecule has 0 bridgehead atoms. The van der Waals surface area contributed by atoms with E-state index in [4.69, 9.17) is 0 Å². The number of nitrogens with zero attached hydrogens (tertiary/aromatic N) is 2. The van der Waals surface area contributed by atoms with Crippen LogP contribution in [0.2, 0.25) is 0 Å². The van der Waals surface area contributed by atoms with Crippen molar-refractivity contribution in [2.45, 2.75) is 58.2 Å². The first-order chi connectivity index (χ1) is 11.9. The van der Waals surface area contributed by atoms with Gasteiger partial charge in [0, 0.05) is 38.4 Å². The monoisotopic (exact) mass is 348 g/mol. The zero-order chi connectivity index (χ0) is 18.3. The smallest absolute Gasteiger partial charge is 0.315 e. The second-order valence-electron chi connectivity index (χ2n) is 7.36. The van der Waals surface area contributed by atoms with Crippen molar-refractivity contribution in [1.82, 2.24) is 20.5 Å². The SMILES string of the molecule is CCC(C)C(C)(O)CNC(=O)NC1CCN(Cc2ccccn2)CC1. The molecule has 1 aliphatic heterocycles. The highest BCUT2D eigenvalue weighted by atomic mass is 16.3. The van der Waals surface area contributed by atoms with E-state index in [1.165, 1.54) is 0 Å². The van der Waals surface area contributed by atoms with Crippen LogP contribution in [0, 0.1) is 5.92 Å². The van der Waals surface area contributed by atoms with E-state index in [1.54, 1.807) is 6.92 Å². The van der Waals surface area contributed by atoms with Crippen LogP contribution in [-0.2, 0) is 6.54 Å². The van der Waals surface area contributed by atoms with Crippen LogP contribution in [0.5, 0.6) is 0 Å². The number of aromatic nitrogens is 1. The lowest BCUT2D eigenvalue weighted by Gasteiger charge is -2.33. The number of rotatable bonds is 7. The predicted molar refractivity (Wildman–Crippen MR) is 99.1 cm³/mol. The number of hydrogen-bond donors (Lipinski definition) is 3. The van der Waals surface area contributed by atoms with Gasteiger partial charge in [0.05, 0.1) is 11.3 Å². The van der Waals surface area contributed by atoms with Gasteiger partial charge < -0.3 is 15.7 Å². The molecule has 6 heteroatoms. The second kappa shape index (κ2) is 9.15. The average Bonchev–Trinajstić information content (AvgIpc) is 2.62. The second-order valence-corrected chi connectivity index (χ2v) is 7.36. The van der Waals surface area contributed by atoms with Gasteiger partial charge >= 0.3 is 6.03 Å². The molecule has 1 fully saturated rings. The number of carbonyl (C=O) groups is 1. The summed E-state index contributed by atoms with van der Waals surface area (Å²) < 4.78 is 0. The first-order valence-electron chi connectivity index (χ1n) is 9.29. The minimum Gasteiger partial charge on any atom is -0.388 e. The number of likely N-dealkylation sites (tertiary alicyclic amines) is 1. The first kappa shape index (κ1) is 19.7. The van der Waals surface area contributed by atoms with Crippen molar-refractivity contribution in [1.29, 1.82) is 0 Å². The molecule has 0 radical (unpaired) electrons. The van der Waals surface area contributed by atoms with Crippen molar-refractivity contribution in [2.75, 3.05) is 19.6 Å². The Labute approximate surface area is 151 Å². The third-order valence-corrected chi connectivity index (χ3v) is 5.32. The first-order valence-corrected chi connectivity index (χ1v) is 9.29. The Bertz CT molecular complexity index is 527. The van der Waals surface area contributed by atoms with Crippen molar-refractivity contribution in [2.24, 2.45) is 5.92 Å². The number of piperidine rings is 1. The van der Waals surface area contributed by atoms with Crippen molar-refractivity contribution in [3.63, 3.8) is 0 Å². The van der Waals surface area contributed by atoms with E-state index in [0.717, 1.165) is 44.6 Å². The minimum atomic E-state index is -0.877. The quantitative estimate of drug-likeness (QED) is 0.705. The standard InChI is InChI=1S/C19H32N4O2/c1-4-15(2)19(3,25)14-21-18(24)22-16-8-11-23(12-9-16)13-17-7-5-6-10-20-17/h5-7,10,15-16,25H,4,8-9,11-14H2,1-3H3,(H2,21,22,24). The van der Waals surface area contributed by atoms with Gasteiger partial charge in [-0.3, -0.25) is 9.88 Å². The van der Waals surface area contributed by atoms with Crippen LogP contribution in [0.1, 0.15) is 45.7 Å². The fourth-order valence-corrected chi connectivity index (χ4v) is 3.07. The van der Waals surface area contributed by atoms with Crippen LogP contribution in [0.15, 0.2) is 24.4 Å². The Hall–Kier alpha value is -1.66. The Morgan fingerprint density at radius 3 is 2.76 bits per heavy atom. The molecule has 2 atom stereocenters. The molecule has 3 N–H and O–H groups in total. The minimum absolute atomic E-state index is 0.141. The summed E-state index contributed by atoms with van der Waals surface area (Å²) >= 11 is 0. The number of amides is 2. The van der Waals surface area contributed by atoms with Gasteiger partial charge in [-0.2, -0.15) is 0 Å². The normalized spacial score (nSPS) is 19.8. The maximum Gasteiger partial charge on any atom is 0.315 e. The number of pyridine rings is 1. The van der Waals surface area contributed by atoms with E-state index in [1.807, 2.05) is 38.2 Å². The van der Waals surface area contributed by atoms with Gasteiger partial charge in [0.2, 0.25) is 0 Å². The number of aliphatic hydroxyl groups is 1. The van der Waals surface area contributed by atoms with Crippen molar-refractivity contribution in [3.05, 3.63) is 30.1 Å². The van der Waals surface area contributed by atoms with Crippen LogP contribution in [0.4, 0.5) is 4.79 Å². The Morgan fingerprint density at radius 1 is 1.44 bits per heavy atom. The molecule has 2 rings (SSSR count). The number of nitrogens with one attached hydrogen (secondary N) is 2. The van der Waals surface area contributed by atoms with Crippen molar-refractivity contribution >= 4 is 6.03 Å². The summed E-state index contributed by atoms with van der Waals surface area (Å²) in [6.45, 7) is 8.84. The summed E-state index contributed by atoms with van der Waals surface area (Å²) in [5, 5.41) is 16.2. The molecule has 0 aromatic carbocycles. The summed E-state index contributed by atoms with van der Waals surface area (Å²) in [4.78, 5) is 18.8. The molecule has 1 aliphatic rings. The molecule has 2 amide bonds. The molecular weight excluding hydrogens is 316 g/mol. The van der Waals surface area contributed by atoms with Gasteiger partial charge in [-0.15, -0.1) is 0 Å². The van der Waals surface area contributed by atoms with E-state index < -0.39 is 5.60 Å². The molecule has 2 heterocycles. The highest BCUT2D eigenvalue weighted by Gasteiger charge is 2.28. The largest absolute Gasteiger partial charge is 0.388 e. The van der Waals surface area contributed by atoms with E-state index in [-0.39, 0.29) is 24.5 Å². The maximum atomic E-state index is 12.1. The van der Waals surface area contributed by atoms with Crippen molar-refractivity contribution < 1.29 is 9.90 Å². The molecule has 25 heavy (non-hydrogen) atoms. The lowest BCUT2D eigenvalue weighted by Crippen LogP contribution is -2.51. The van der Waals surface area contributed by atoms with Crippen LogP contribution in [0.25, 0.3) is 0 Å². The Kier molecular flexibility index (Phi) is 7.20. The van der Waals surface area contributed by atoms with Gasteiger partial charge in [-0.05, 0) is 37.8 Å². The highest BCUT2D eigenvalue weighted by Crippen LogP contribution is 2.19. The van der Waals surface area contributed by atoms with Crippen molar-refractivity contribution in [3.8, 4) is 0 Å². The fourth-order valence-electron chi connectivity index (χ4n) is 3.07. The summed E-state index contributed by atoms with van der Waals surface area (Å²) in [6, 6.07) is 5.98. The van der Waals surface area contributed by atoms with E-state index in [2.05, 4.69) is 20.5 Å². The average molecular weight is 348 g/mol. The van der Waals surface area contributed by atoms with Crippen LogP contribution in [0.3, 0.4) is 0 Å². The van der Waals surface area contributed by atoms with Gasteiger partial charge in [-0.25, -0.2) is 4.79 Å². The van der Waals surface area contributed by atoms with Gasteiger partial charge in [0.1, 0.15) is 0 Å². The van der Waals surface area contributed by atoms with Crippen LogP contribution in [-0.4, -0.2) is 52.3 Å². The number of hydrogen-bond acceptors (Lipinski definition) is 4. The van der Waals surface area contributed by atoms with E-state index >= 15 is 0 Å². The van der Waals surface area contributed by atoms with Crippen LogP contribution < -0.4 is 10.6 Å². The van der Waals surface area contributed by atoms with Crippen LogP contribution >= 0.6 is 0 Å². The molecule has 0 saturated carbocycles. The van der Waals surface area contributed by atoms with E-state index in [0.29, 0.717) is 0 Å². The molecule has 1 aromatic rings. The molecule has 1 saturated heterocycles. The maximum absolute atomic E-state index is 12.1. The van der Waals surface area contributed by atoms with Gasteiger partial charge in [-0.1, -0.05) is 26.3 Å². The predicted octanol–water partition coefficient (Wildman–Crippen LogP) is 2.14. The fraction of sp³-hybridized carbons (Fsp3) is 0.684. The third-order valence-electron chi connectivity index (χ3n) is 5.32. The van der Waals surface area contributed by atoms with E-state index in [9.17, 15) is 9.90 Å². The lowest BCUT2D eigenvalue weighted by molar-refractivity contribution is 0.00777. The zero-order valence-electron chi connectivity index (χ0n) is 15.7. The van der Waals surface area contributed by atoms with Gasteiger partial charge in [0.15, 0.2) is 0 Å². The topological polar surface area (TPSA) is 77.5 Å². The third kappa shape index (κ3) is 6.29. The number of urea groups is 1. The molecule has 2 unspecified atom stereocenters. The highest BCUT2D eigenvalue weighted by molar-refractivity contribution is 5.74. The molecule has 0 aliphatic carbocycles. The Balaban J connectivity index is 1.68. The number of carbonyl (C=O) groups excluding carboxylic acids is 1. The molecule has 1 aromatic heterocycles. The molecular formula is C19H32N4O2. The molecule has 0 spiro atoms. The zero-order valence-corrected chi connectivity index (χ0v) is 15.7. The molecule has 140 valence electrons. The summed E-state index contributed by atoms with van der Waals surface area (Å²) in [6.07, 6.45) is 4.57. The Morgan fingerprint density at radius 2 is 2.16 bits per heavy atom. The summed E-state index contributed by atoms with van der Waals surface area (Å²) in [5.74, 6) is 0.141. The summed E-state index contributed by atoms with van der Waals surface area (Å²) in [5.41, 5.74) is 0.205. The van der Waals surface area contributed by atoms with Gasteiger partial charge in [0.25, 0.3) is 0 Å². The molecule has 6 nitrogen and oxygen atoms in total. The lowest BCUT2D eigenvalue weighted by atomic mass is 9.89. The summed E-state index contributed by atoms with van der Waals surface area (Å²) in [7, 11) is 0.